The average molecular weight is 355 g/mol. The van der Waals surface area contributed by atoms with Gasteiger partial charge in [-0.25, -0.2) is 0 Å². The third kappa shape index (κ3) is 4.52. The van der Waals surface area contributed by atoms with Crippen molar-refractivity contribution in [2.75, 3.05) is 32.0 Å². The number of hydrogen-bond acceptors (Lipinski definition) is 4. The Morgan fingerprint density at radius 3 is 2.69 bits per heavy atom. The van der Waals surface area contributed by atoms with Crippen molar-refractivity contribution in [2.24, 2.45) is 5.92 Å². The summed E-state index contributed by atoms with van der Waals surface area (Å²) in [4.78, 5) is 26.8. The Labute approximate surface area is 153 Å². The minimum atomic E-state index is -0.329. The van der Waals surface area contributed by atoms with Crippen LogP contribution < -0.4 is 10.6 Å². The molecular weight excluding hydrogens is 330 g/mol. The minimum absolute atomic E-state index is 0.0196. The lowest BCUT2D eigenvalue weighted by atomic mass is 9.93. The predicted molar refractivity (Wildman–Crippen MR) is 100 cm³/mol. The SMILES string of the molecule is CNCCC1CCN(C(=O)c2cccc(NC(=O)c3ccco3)c2)CC1. The van der Waals surface area contributed by atoms with Crippen LogP contribution in [0.15, 0.2) is 47.1 Å². The molecule has 6 nitrogen and oxygen atoms in total. The third-order valence-corrected chi connectivity index (χ3v) is 4.82. The molecule has 2 N–H and O–H groups in total. The van der Waals surface area contributed by atoms with Crippen LogP contribution in [-0.2, 0) is 0 Å². The summed E-state index contributed by atoms with van der Waals surface area (Å²) in [5, 5.41) is 5.95. The normalized spacial score (nSPS) is 15.0. The Morgan fingerprint density at radius 1 is 1.19 bits per heavy atom. The molecule has 1 saturated heterocycles. The molecule has 3 rings (SSSR count). The van der Waals surface area contributed by atoms with Gasteiger partial charge < -0.3 is 20.0 Å². The fourth-order valence-corrected chi connectivity index (χ4v) is 3.29. The molecule has 1 fully saturated rings. The van der Waals surface area contributed by atoms with Crippen molar-refractivity contribution in [3.63, 3.8) is 0 Å². The maximum Gasteiger partial charge on any atom is 0.291 e. The van der Waals surface area contributed by atoms with Gasteiger partial charge in [-0.05, 0) is 69.1 Å². The number of hydrogen-bond donors (Lipinski definition) is 2. The summed E-state index contributed by atoms with van der Waals surface area (Å²) in [6.45, 7) is 2.60. The van der Waals surface area contributed by atoms with Gasteiger partial charge in [0.1, 0.15) is 0 Å². The fraction of sp³-hybridized carbons (Fsp3) is 0.400. The summed E-state index contributed by atoms with van der Waals surface area (Å²) < 4.78 is 5.09. The van der Waals surface area contributed by atoms with Crippen LogP contribution in [0.2, 0.25) is 0 Å². The smallest absolute Gasteiger partial charge is 0.291 e. The number of piperidine rings is 1. The van der Waals surface area contributed by atoms with Gasteiger partial charge in [-0.3, -0.25) is 9.59 Å². The van der Waals surface area contributed by atoms with Crippen molar-refractivity contribution in [1.29, 1.82) is 0 Å². The molecule has 1 aliphatic heterocycles. The van der Waals surface area contributed by atoms with Gasteiger partial charge in [0.25, 0.3) is 11.8 Å². The van der Waals surface area contributed by atoms with E-state index in [-0.39, 0.29) is 17.6 Å². The largest absolute Gasteiger partial charge is 0.459 e. The zero-order chi connectivity index (χ0) is 18.4. The van der Waals surface area contributed by atoms with Crippen LogP contribution in [0.25, 0.3) is 0 Å². The van der Waals surface area contributed by atoms with Gasteiger partial charge in [-0.15, -0.1) is 0 Å². The molecule has 1 aromatic carbocycles. The van der Waals surface area contributed by atoms with Gasteiger partial charge in [0.2, 0.25) is 0 Å². The number of rotatable bonds is 6. The topological polar surface area (TPSA) is 74.6 Å². The van der Waals surface area contributed by atoms with Crippen molar-refractivity contribution >= 4 is 17.5 Å². The number of anilines is 1. The molecule has 1 aliphatic rings. The van der Waals surface area contributed by atoms with Crippen LogP contribution in [0, 0.1) is 5.92 Å². The summed E-state index contributed by atoms with van der Waals surface area (Å²) in [7, 11) is 1.97. The third-order valence-electron chi connectivity index (χ3n) is 4.82. The van der Waals surface area contributed by atoms with Gasteiger partial charge >= 0.3 is 0 Å². The highest BCUT2D eigenvalue weighted by Crippen LogP contribution is 2.22. The molecule has 0 atom stereocenters. The van der Waals surface area contributed by atoms with Gasteiger partial charge in [0.15, 0.2) is 5.76 Å². The lowest BCUT2D eigenvalue weighted by Gasteiger charge is -2.32. The van der Waals surface area contributed by atoms with Gasteiger partial charge in [0, 0.05) is 24.3 Å². The molecule has 2 aromatic rings. The van der Waals surface area contributed by atoms with Crippen LogP contribution in [0.3, 0.4) is 0 Å². The molecular formula is C20H25N3O3. The second-order valence-corrected chi connectivity index (χ2v) is 6.64. The highest BCUT2D eigenvalue weighted by molar-refractivity contribution is 6.03. The van der Waals surface area contributed by atoms with E-state index in [2.05, 4.69) is 10.6 Å². The first kappa shape index (κ1) is 18.2. The van der Waals surface area contributed by atoms with E-state index in [1.54, 1.807) is 36.4 Å². The Morgan fingerprint density at radius 2 is 2.00 bits per heavy atom. The van der Waals surface area contributed by atoms with Crippen LogP contribution in [0.5, 0.6) is 0 Å². The van der Waals surface area contributed by atoms with E-state index in [1.807, 2.05) is 11.9 Å². The van der Waals surface area contributed by atoms with Crippen molar-refractivity contribution in [1.82, 2.24) is 10.2 Å². The summed E-state index contributed by atoms with van der Waals surface area (Å²) in [5.41, 5.74) is 1.18. The molecule has 138 valence electrons. The molecule has 0 bridgehead atoms. The Bertz CT molecular complexity index is 735. The molecule has 0 saturated carbocycles. The van der Waals surface area contributed by atoms with Crippen LogP contribution in [-0.4, -0.2) is 43.4 Å². The highest BCUT2D eigenvalue weighted by atomic mass is 16.3. The summed E-state index contributed by atoms with van der Waals surface area (Å²) in [5.74, 6) is 0.618. The Balaban J connectivity index is 1.59. The first-order valence-corrected chi connectivity index (χ1v) is 9.06. The van der Waals surface area contributed by atoms with Crippen molar-refractivity contribution in [3.8, 4) is 0 Å². The zero-order valence-corrected chi connectivity index (χ0v) is 15.0. The first-order chi connectivity index (χ1) is 12.7. The fourth-order valence-electron chi connectivity index (χ4n) is 3.29. The summed E-state index contributed by atoms with van der Waals surface area (Å²) in [6.07, 6.45) is 4.70. The second-order valence-electron chi connectivity index (χ2n) is 6.64. The molecule has 0 radical (unpaired) electrons. The molecule has 2 heterocycles. The van der Waals surface area contributed by atoms with Crippen molar-refractivity contribution in [2.45, 2.75) is 19.3 Å². The lowest BCUT2D eigenvalue weighted by Crippen LogP contribution is -2.39. The summed E-state index contributed by atoms with van der Waals surface area (Å²) in [6, 6.07) is 10.3. The van der Waals surface area contributed by atoms with Crippen LogP contribution in [0.1, 0.15) is 40.2 Å². The van der Waals surface area contributed by atoms with Crippen molar-refractivity contribution in [3.05, 3.63) is 54.0 Å². The van der Waals surface area contributed by atoms with E-state index < -0.39 is 0 Å². The van der Waals surface area contributed by atoms with Crippen LogP contribution >= 0.6 is 0 Å². The number of amides is 2. The number of nitrogens with zero attached hydrogens (tertiary/aromatic N) is 1. The molecule has 0 aliphatic carbocycles. The number of carbonyl (C=O) groups excluding carboxylic acids is 2. The van der Waals surface area contributed by atoms with E-state index in [1.165, 1.54) is 6.26 Å². The van der Waals surface area contributed by atoms with E-state index in [0.717, 1.165) is 38.9 Å². The van der Waals surface area contributed by atoms with Crippen molar-refractivity contribution < 1.29 is 14.0 Å². The van der Waals surface area contributed by atoms with E-state index in [4.69, 9.17) is 4.42 Å². The minimum Gasteiger partial charge on any atom is -0.459 e. The molecule has 2 amide bonds. The predicted octanol–water partition coefficient (Wildman–Crippen LogP) is 2.99. The standard InChI is InChI=1S/C20H25N3O3/c1-21-10-7-15-8-11-23(12-9-15)20(25)16-4-2-5-17(14-16)22-19(24)18-6-3-13-26-18/h2-6,13-15,21H,7-12H2,1H3,(H,22,24). The molecule has 6 heteroatoms. The number of nitrogens with one attached hydrogen (secondary N) is 2. The molecule has 26 heavy (non-hydrogen) atoms. The molecule has 0 unspecified atom stereocenters. The van der Waals surface area contributed by atoms with E-state index >= 15 is 0 Å². The number of likely N-dealkylation sites (tertiary alicyclic amines) is 1. The Hall–Kier alpha value is -2.60. The van der Waals surface area contributed by atoms with E-state index in [9.17, 15) is 9.59 Å². The maximum absolute atomic E-state index is 12.8. The number of carbonyl (C=O) groups is 2. The Kier molecular flexibility index (Phi) is 6.07. The second kappa shape index (κ2) is 8.67. The first-order valence-electron chi connectivity index (χ1n) is 9.06. The molecule has 1 aromatic heterocycles. The van der Waals surface area contributed by atoms with Gasteiger partial charge in [-0.2, -0.15) is 0 Å². The lowest BCUT2D eigenvalue weighted by molar-refractivity contribution is 0.0687. The maximum atomic E-state index is 12.8. The van der Waals surface area contributed by atoms with Gasteiger partial charge in [0.05, 0.1) is 6.26 Å². The monoisotopic (exact) mass is 355 g/mol. The van der Waals surface area contributed by atoms with Gasteiger partial charge in [-0.1, -0.05) is 6.07 Å². The highest BCUT2D eigenvalue weighted by Gasteiger charge is 2.23. The quantitative estimate of drug-likeness (QED) is 0.835. The molecule has 0 spiro atoms. The van der Waals surface area contributed by atoms with E-state index in [0.29, 0.717) is 17.2 Å². The number of benzene rings is 1. The van der Waals surface area contributed by atoms with Crippen LogP contribution in [0.4, 0.5) is 5.69 Å². The number of furan rings is 1. The zero-order valence-electron chi connectivity index (χ0n) is 15.0. The summed E-state index contributed by atoms with van der Waals surface area (Å²) >= 11 is 0. The average Bonchev–Trinajstić information content (AvgIpc) is 3.21.